The van der Waals surface area contributed by atoms with Gasteiger partial charge in [0.2, 0.25) is 0 Å². The zero-order valence-corrected chi connectivity index (χ0v) is 6.99. The molecule has 0 radical (unpaired) electrons. The van der Waals surface area contributed by atoms with Crippen molar-refractivity contribution in [1.29, 1.82) is 0 Å². The number of carbonyl (C=O) groups is 1. The monoisotopic (exact) mass is 192 g/mol. The van der Waals surface area contributed by atoms with Crippen LogP contribution in [-0.2, 0) is 9.53 Å². The summed E-state index contributed by atoms with van der Waals surface area (Å²) in [4.78, 5) is 10.8. The van der Waals surface area contributed by atoms with Gasteiger partial charge in [-0.1, -0.05) is 0 Å². The molecule has 1 saturated heterocycles. The summed E-state index contributed by atoms with van der Waals surface area (Å²) < 4.78 is 4.59. The summed E-state index contributed by atoms with van der Waals surface area (Å²) in [6.45, 7) is 1.16. The van der Waals surface area contributed by atoms with Crippen molar-refractivity contribution in [3.63, 3.8) is 0 Å². The molecular formula is C7H12O6. The average molecular weight is 192 g/mol. The van der Waals surface area contributed by atoms with Gasteiger partial charge in [-0.05, 0) is 6.92 Å². The van der Waals surface area contributed by atoms with E-state index in [0.717, 1.165) is 6.92 Å². The van der Waals surface area contributed by atoms with E-state index in [0.29, 0.717) is 0 Å². The first-order valence-electron chi connectivity index (χ1n) is 3.83. The zero-order chi connectivity index (χ0) is 10.2. The third-order valence-electron chi connectivity index (χ3n) is 1.99. The fourth-order valence-corrected chi connectivity index (χ4v) is 1.20. The molecule has 76 valence electrons. The van der Waals surface area contributed by atoms with Crippen LogP contribution in [0.3, 0.4) is 0 Å². The van der Waals surface area contributed by atoms with Crippen molar-refractivity contribution >= 4 is 5.78 Å². The fourth-order valence-electron chi connectivity index (χ4n) is 1.20. The molecule has 1 aliphatic rings. The maximum Gasteiger partial charge on any atom is 0.184 e. The molecule has 0 unspecified atom stereocenters. The van der Waals surface area contributed by atoms with Crippen molar-refractivity contribution in [2.45, 2.75) is 37.6 Å². The van der Waals surface area contributed by atoms with Crippen LogP contribution < -0.4 is 0 Å². The Morgan fingerprint density at radius 2 is 1.62 bits per heavy atom. The van der Waals surface area contributed by atoms with E-state index in [1.165, 1.54) is 0 Å². The van der Waals surface area contributed by atoms with E-state index in [1.807, 2.05) is 0 Å². The van der Waals surface area contributed by atoms with Crippen molar-refractivity contribution in [2.75, 3.05) is 0 Å². The smallest absolute Gasteiger partial charge is 0.184 e. The molecule has 1 aliphatic heterocycles. The maximum absolute atomic E-state index is 10.8. The molecule has 1 heterocycles. The Hall–Kier alpha value is -0.530. The highest BCUT2D eigenvalue weighted by molar-refractivity contribution is 5.81. The van der Waals surface area contributed by atoms with Crippen molar-refractivity contribution in [3.8, 4) is 0 Å². The third-order valence-corrected chi connectivity index (χ3v) is 1.99. The Balaban J connectivity index is 2.76. The van der Waals surface area contributed by atoms with Crippen LogP contribution in [-0.4, -0.2) is 56.9 Å². The molecule has 1 fully saturated rings. The number of carbonyl (C=O) groups excluding carboxylic acids is 1. The van der Waals surface area contributed by atoms with Crippen molar-refractivity contribution in [1.82, 2.24) is 0 Å². The molecule has 13 heavy (non-hydrogen) atoms. The van der Waals surface area contributed by atoms with Gasteiger partial charge in [0.25, 0.3) is 0 Å². The summed E-state index contributed by atoms with van der Waals surface area (Å²) in [5.41, 5.74) is 0. The summed E-state index contributed by atoms with van der Waals surface area (Å²) in [6, 6.07) is 0. The summed E-state index contributed by atoms with van der Waals surface area (Å²) in [7, 11) is 0. The molecule has 0 aromatic carbocycles. The van der Waals surface area contributed by atoms with Crippen LogP contribution in [0.2, 0.25) is 0 Å². The number of ketones is 1. The van der Waals surface area contributed by atoms with Gasteiger partial charge in [-0.25, -0.2) is 0 Å². The highest BCUT2D eigenvalue weighted by Gasteiger charge is 2.44. The average Bonchev–Trinajstić information content (AvgIpc) is 2.07. The van der Waals surface area contributed by atoms with E-state index in [1.54, 1.807) is 0 Å². The van der Waals surface area contributed by atoms with Crippen molar-refractivity contribution < 1.29 is 30.0 Å². The van der Waals surface area contributed by atoms with Crippen LogP contribution >= 0.6 is 0 Å². The Labute approximate surface area is 74.4 Å². The molecule has 0 spiro atoms. The predicted molar refractivity (Wildman–Crippen MR) is 39.6 cm³/mol. The first kappa shape index (κ1) is 10.6. The van der Waals surface area contributed by atoms with Gasteiger partial charge in [0.05, 0.1) is 0 Å². The lowest BCUT2D eigenvalue weighted by atomic mass is 9.97. The maximum atomic E-state index is 10.8. The minimum atomic E-state index is -1.65. The minimum absolute atomic E-state index is 0.516. The number of Topliss-reactive ketones (excluding diaryl/α,β-unsaturated/α-hetero) is 1. The van der Waals surface area contributed by atoms with Gasteiger partial charge in [-0.3, -0.25) is 4.79 Å². The second kappa shape index (κ2) is 3.69. The quantitative estimate of drug-likeness (QED) is 0.362. The molecule has 6 heteroatoms. The van der Waals surface area contributed by atoms with Gasteiger partial charge in [-0.2, -0.15) is 0 Å². The van der Waals surface area contributed by atoms with E-state index >= 15 is 0 Å². The lowest BCUT2D eigenvalue weighted by Gasteiger charge is -2.37. The van der Waals surface area contributed by atoms with Gasteiger partial charge in [0.15, 0.2) is 12.1 Å². The molecule has 1 rings (SSSR count). The summed E-state index contributed by atoms with van der Waals surface area (Å²) in [6.07, 6.45) is -7.60. The standard InChI is InChI=1S/C7H12O6/c1-2(8)6-4(10)3(9)5(11)7(12)13-6/h3-7,9-12H,1H3/t3-,4+,5-,6-,7-/m1/s1. The molecule has 5 atom stereocenters. The molecule has 0 amide bonds. The normalized spacial score (nSPS) is 46.1. The lowest BCUT2D eigenvalue weighted by molar-refractivity contribution is -0.274. The number of rotatable bonds is 1. The summed E-state index contributed by atoms with van der Waals surface area (Å²) >= 11 is 0. The Bertz CT molecular complexity index is 205. The molecule has 0 bridgehead atoms. The number of ether oxygens (including phenoxy) is 1. The highest BCUT2D eigenvalue weighted by atomic mass is 16.6. The van der Waals surface area contributed by atoms with Gasteiger partial charge in [0, 0.05) is 0 Å². The van der Waals surface area contributed by atoms with Gasteiger partial charge in [0.1, 0.15) is 24.4 Å². The summed E-state index contributed by atoms with van der Waals surface area (Å²) in [5.74, 6) is -0.516. The second-order valence-electron chi connectivity index (χ2n) is 3.03. The first-order chi connectivity index (χ1) is 5.95. The van der Waals surface area contributed by atoms with Crippen LogP contribution in [0.4, 0.5) is 0 Å². The van der Waals surface area contributed by atoms with Gasteiger partial charge >= 0.3 is 0 Å². The summed E-state index contributed by atoms with van der Waals surface area (Å²) in [5, 5.41) is 36.4. The van der Waals surface area contributed by atoms with Crippen LogP contribution in [0.15, 0.2) is 0 Å². The number of aliphatic hydroxyl groups excluding tert-OH is 4. The lowest BCUT2D eigenvalue weighted by Crippen LogP contribution is -2.59. The van der Waals surface area contributed by atoms with Crippen LogP contribution in [0.1, 0.15) is 6.92 Å². The topological polar surface area (TPSA) is 107 Å². The van der Waals surface area contributed by atoms with Gasteiger partial charge < -0.3 is 25.2 Å². The Morgan fingerprint density at radius 3 is 2.08 bits per heavy atom. The second-order valence-corrected chi connectivity index (χ2v) is 3.03. The van der Waals surface area contributed by atoms with E-state index in [-0.39, 0.29) is 0 Å². The molecule has 4 N–H and O–H groups in total. The van der Waals surface area contributed by atoms with E-state index in [4.69, 9.17) is 15.3 Å². The van der Waals surface area contributed by atoms with E-state index in [9.17, 15) is 9.90 Å². The number of hydrogen-bond donors (Lipinski definition) is 4. The number of aliphatic hydroxyl groups is 4. The third kappa shape index (κ3) is 1.87. The molecule has 0 aromatic rings. The van der Waals surface area contributed by atoms with Crippen molar-refractivity contribution in [2.24, 2.45) is 0 Å². The Morgan fingerprint density at radius 1 is 1.08 bits per heavy atom. The molecule has 0 aliphatic carbocycles. The molecule has 0 saturated carbocycles. The van der Waals surface area contributed by atoms with Crippen LogP contribution in [0.5, 0.6) is 0 Å². The molecule has 0 aromatic heterocycles. The Kier molecular flexibility index (Phi) is 2.99. The van der Waals surface area contributed by atoms with Gasteiger partial charge in [-0.15, -0.1) is 0 Å². The minimum Gasteiger partial charge on any atom is -0.387 e. The number of hydrogen-bond acceptors (Lipinski definition) is 6. The fraction of sp³-hybridized carbons (Fsp3) is 0.857. The zero-order valence-electron chi connectivity index (χ0n) is 6.99. The molecule has 6 nitrogen and oxygen atoms in total. The largest absolute Gasteiger partial charge is 0.387 e. The highest BCUT2D eigenvalue weighted by Crippen LogP contribution is 2.20. The first-order valence-corrected chi connectivity index (χ1v) is 3.83. The SMILES string of the molecule is CC(=O)[C@H]1O[C@@H](O)[C@H](O)[C@H](O)[C@@H]1O. The van der Waals surface area contributed by atoms with Crippen LogP contribution in [0, 0.1) is 0 Å². The van der Waals surface area contributed by atoms with Crippen molar-refractivity contribution in [3.05, 3.63) is 0 Å². The van der Waals surface area contributed by atoms with E-state index in [2.05, 4.69) is 4.74 Å². The molecular weight excluding hydrogens is 180 g/mol. The van der Waals surface area contributed by atoms with E-state index < -0.39 is 36.5 Å². The predicted octanol–water partition coefficient (Wildman–Crippen LogP) is -2.62. The van der Waals surface area contributed by atoms with Crippen LogP contribution in [0.25, 0.3) is 0 Å².